The molecule has 2 aromatic carbocycles. The number of aryl methyl sites for hydroxylation is 1. The average Bonchev–Trinajstić information content (AvgIpc) is 3.04. The van der Waals surface area contributed by atoms with E-state index in [1.165, 1.54) is 0 Å². The monoisotopic (exact) mass is 451 g/mol. The molecule has 0 bridgehead atoms. The van der Waals surface area contributed by atoms with Crippen LogP contribution in [-0.4, -0.2) is 26.8 Å². The Kier molecular flexibility index (Phi) is 6.52. The van der Waals surface area contributed by atoms with E-state index >= 15 is 0 Å². The molecule has 0 saturated carbocycles. The van der Waals surface area contributed by atoms with Crippen LogP contribution in [0.2, 0.25) is 5.02 Å². The fourth-order valence-corrected chi connectivity index (χ4v) is 3.29. The maximum absolute atomic E-state index is 6.04. The van der Waals surface area contributed by atoms with Crippen LogP contribution in [0.4, 0.5) is 5.95 Å². The summed E-state index contributed by atoms with van der Waals surface area (Å²) in [6.07, 6.45) is 0. The Morgan fingerprint density at radius 3 is 2.74 bits per heavy atom. The highest BCUT2D eigenvalue weighted by molar-refractivity contribution is 9.10. The zero-order chi connectivity index (χ0) is 19.2. The molecule has 1 N–H and O–H groups in total. The Morgan fingerprint density at radius 1 is 1.19 bits per heavy atom. The molecule has 27 heavy (non-hydrogen) atoms. The van der Waals surface area contributed by atoms with E-state index in [0.717, 1.165) is 15.6 Å². The topological polar surface area (TPSA) is 74.1 Å². The lowest BCUT2D eigenvalue weighted by atomic mass is 10.2. The van der Waals surface area contributed by atoms with Gasteiger partial charge >= 0.3 is 0 Å². The van der Waals surface area contributed by atoms with Gasteiger partial charge < -0.3 is 14.8 Å². The summed E-state index contributed by atoms with van der Waals surface area (Å²) in [6.45, 7) is 3.40. The maximum Gasteiger partial charge on any atom is 0.242 e. The van der Waals surface area contributed by atoms with Gasteiger partial charge in [0.25, 0.3) is 0 Å². The standard InChI is InChI=1S/C18H19BrClN5O2/c1-3-26-16-9-13(10-21-18-22-23-24-25(18)2)8-15(19)17(16)27-11-12-5-4-6-14(20)7-12/h4-9H,3,10-11H2,1-2H3,(H,21,22,24). The van der Waals surface area contributed by atoms with Gasteiger partial charge in [0.2, 0.25) is 5.95 Å². The van der Waals surface area contributed by atoms with E-state index in [9.17, 15) is 0 Å². The molecule has 0 aliphatic carbocycles. The smallest absolute Gasteiger partial charge is 0.242 e. The van der Waals surface area contributed by atoms with Crippen LogP contribution in [0.25, 0.3) is 0 Å². The van der Waals surface area contributed by atoms with Crippen LogP contribution >= 0.6 is 27.5 Å². The summed E-state index contributed by atoms with van der Waals surface area (Å²) in [5.74, 6) is 1.91. The first-order chi connectivity index (χ1) is 13.1. The molecule has 7 nitrogen and oxygen atoms in total. The molecular weight excluding hydrogens is 434 g/mol. The summed E-state index contributed by atoms with van der Waals surface area (Å²) >= 11 is 9.62. The molecule has 0 aliphatic rings. The normalized spacial score (nSPS) is 10.7. The number of nitrogens with one attached hydrogen (secondary N) is 1. The van der Waals surface area contributed by atoms with E-state index in [1.807, 2.05) is 43.3 Å². The fraction of sp³-hybridized carbons (Fsp3) is 0.278. The third-order valence-electron chi connectivity index (χ3n) is 3.71. The minimum absolute atomic E-state index is 0.390. The molecule has 1 heterocycles. The predicted molar refractivity (Wildman–Crippen MR) is 107 cm³/mol. The molecule has 3 aromatic rings. The lowest BCUT2D eigenvalue weighted by Gasteiger charge is -2.16. The number of ether oxygens (including phenoxy) is 2. The summed E-state index contributed by atoms with van der Waals surface area (Å²) < 4.78 is 14.2. The molecule has 0 unspecified atom stereocenters. The minimum atomic E-state index is 0.390. The fourth-order valence-electron chi connectivity index (χ4n) is 2.47. The lowest BCUT2D eigenvalue weighted by molar-refractivity contribution is 0.267. The van der Waals surface area contributed by atoms with E-state index in [0.29, 0.717) is 42.2 Å². The molecule has 3 rings (SSSR count). The van der Waals surface area contributed by atoms with Gasteiger partial charge in [-0.3, -0.25) is 0 Å². The Morgan fingerprint density at radius 2 is 2.04 bits per heavy atom. The number of rotatable bonds is 8. The second kappa shape index (κ2) is 9.05. The molecule has 0 atom stereocenters. The molecule has 1 aromatic heterocycles. The second-order valence-electron chi connectivity index (χ2n) is 5.74. The number of aromatic nitrogens is 4. The molecule has 0 amide bonds. The van der Waals surface area contributed by atoms with Crippen molar-refractivity contribution in [1.82, 2.24) is 20.2 Å². The van der Waals surface area contributed by atoms with Crippen molar-refractivity contribution < 1.29 is 9.47 Å². The van der Waals surface area contributed by atoms with Gasteiger partial charge in [-0.2, -0.15) is 0 Å². The van der Waals surface area contributed by atoms with Gasteiger partial charge in [-0.15, -0.1) is 0 Å². The first-order valence-electron chi connectivity index (χ1n) is 8.35. The van der Waals surface area contributed by atoms with Gasteiger partial charge in [0, 0.05) is 18.6 Å². The number of nitrogens with zero attached hydrogens (tertiary/aromatic N) is 4. The molecule has 0 spiro atoms. The van der Waals surface area contributed by atoms with Gasteiger partial charge in [-0.1, -0.05) is 28.8 Å². The van der Waals surface area contributed by atoms with Crippen LogP contribution in [0.1, 0.15) is 18.1 Å². The molecule has 9 heteroatoms. The highest BCUT2D eigenvalue weighted by atomic mass is 79.9. The van der Waals surface area contributed by atoms with E-state index in [-0.39, 0.29) is 0 Å². The third kappa shape index (κ3) is 5.11. The number of benzene rings is 2. The van der Waals surface area contributed by atoms with Gasteiger partial charge in [0.15, 0.2) is 11.5 Å². The van der Waals surface area contributed by atoms with E-state index < -0.39 is 0 Å². The van der Waals surface area contributed by atoms with Gasteiger partial charge in [-0.05, 0) is 68.7 Å². The van der Waals surface area contributed by atoms with Crippen molar-refractivity contribution in [2.75, 3.05) is 11.9 Å². The second-order valence-corrected chi connectivity index (χ2v) is 7.03. The highest BCUT2D eigenvalue weighted by Gasteiger charge is 2.13. The van der Waals surface area contributed by atoms with Crippen LogP contribution in [-0.2, 0) is 20.2 Å². The van der Waals surface area contributed by atoms with Crippen LogP contribution in [0.15, 0.2) is 40.9 Å². The zero-order valence-corrected chi connectivity index (χ0v) is 17.3. The van der Waals surface area contributed by atoms with Crippen molar-refractivity contribution >= 4 is 33.5 Å². The Balaban J connectivity index is 1.76. The van der Waals surface area contributed by atoms with Crippen molar-refractivity contribution in [1.29, 1.82) is 0 Å². The lowest BCUT2D eigenvalue weighted by Crippen LogP contribution is -2.07. The Labute approximate surface area is 170 Å². The van der Waals surface area contributed by atoms with Crippen LogP contribution in [0.5, 0.6) is 11.5 Å². The van der Waals surface area contributed by atoms with Crippen molar-refractivity contribution in [3.63, 3.8) is 0 Å². The zero-order valence-electron chi connectivity index (χ0n) is 14.9. The predicted octanol–water partition coefficient (Wildman–Crippen LogP) is 4.22. The summed E-state index contributed by atoms with van der Waals surface area (Å²) in [7, 11) is 1.77. The molecular formula is C18H19BrClN5O2. The Hall–Kier alpha value is -2.32. The summed E-state index contributed by atoms with van der Waals surface area (Å²) in [6, 6.07) is 11.5. The van der Waals surface area contributed by atoms with Crippen molar-refractivity contribution in [2.45, 2.75) is 20.1 Å². The first-order valence-corrected chi connectivity index (χ1v) is 9.52. The first kappa shape index (κ1) is 19.4. The molecule has 0 radical (unpaired) electrons. The largest absolute Gasteiger partial charge is 0.490 e. The highest BCUT2D eigenvalue weighted by Crippen LogP contribution is 2.37. The number of hydrogen-bond donors (Lipinski definition) is 1. The van der Waals surface area contributed by atoms with Crippen molar-refractivity contribution in [3.05, 3.63) is 57.0 Å². The average molecular weight is 453 g/mol. The number of halogens is 2. The quantitative estimate of drug-likeness (QED) is 0.552. The Bertz CT molecular complexity index is 919. The van der Waals surface area contributed by atoms with Crippen LogP contribution in [0.3, 0.4) is 0 Å². The van der Waals surface area contributed by atoms with Crippen molar-refractivity contribution in [2.24, 2.45) is 7.05 Å². The van der Waals surface area contributed by atoms with E-state index in [2.05, 4.69) is 36.8 Å². The number of anilines is 1. The minimum Gasteiger partial charge on any atom is -0.490 e. The van der Waals surface area contributed by atoms with Gasteiger partial charge in [-0.25, -0.2) is 4.68 Å². The maximum atomic E-state index is 6.04. The van der Waals surface area contributed by atoms with Crippen LogP contribution < -0.4 is 14.8 Å². The van der Waals surface area contributed by atoms with Gasteiger partial charge in [0.05, 0.1) is 11.1 Å². The number of hydrogen-bond acceptors (Lipinski definition) is 6. The van der Waals surface area contributed by atoms with E-state index in [4.69, 9.17) is 21.1 Å². The van der Waals surface area contributed by atoms with Crippen molar-refractivity contribution in [3.8, 4) is 11.5 Å². The molecule has 142 valence electrons. The van der Waals surface area contributed by atoms with Gasteiger partial charge in [0.1, 0.15) is 6.61 Å². The summed E-state index contributed by atoms with van der Waals surface area (Å²) in [5.41, 5.74) is 1.99. The SMILES string of the molecule is CCOc1cc(CNc2nnnn2C)cc(Br)c1OCc1cccc(Cl)c1. The van der Waals surface area contributed by atoms with Crippen LogP contribution in [0, 0.1) is 0 Å². The number of tetrazole rings is 1. The molecule has 0 aliphatic heterocycles. The van der Waals surface area contributed by atoms with E-state index in [1.54, 1.807) is 11.7 Å². The summed E-state index contributed by atoms with van der Waals surface area (Å²) in [4.78, 5) is 0. The summed E-state index contributed by atoms with van der Waals surface area (Å²) in [5, 5.41) is 15.2. The molecule has 0 fully saturated rings. The third-order valence-corrected chi connectivity index (χ3v) is 4.54. The molecule has 0 saturated heterocycles.